The number of rotatable bonds is 2. The molecule has 2 fully saturated rings. The van der Waals surface area contributed by atoms with E-state index in [1.54, 1.807) is 6.92 Å². The van der Waals surface area contributed by atoms with Gasteiger partial charge in [0.15, 0.2) is 7.86 Å². The van der Waals surface area contributed by atoms with Gasteiger partial charge in [0.25, 0.3) is 0 Å². The van der Waals surface area contributed by atoms with Gasteiger partial charge in [-0.2, -0.15) is 0 Å². The van der Waals surface area contributed by atoms with Crippen molar-refractivity contribution in [2.24, 2.45) is 0 Å². The fourth-order valence-corrected chi connectivity index (χ4v) is 11.9. The fourth-order valence-electron chi connectivity index (χ4n) is 1.32. The van der Waals surface area contributed by atoms with E-state index < -0.39 is 0 Å². The van der Waals surface area contributed by atoms with Gasteiger partial charge < -0.3 is 0 Å². The van der Waals surface area contributed by atoms with Gasteiger partial charge in [0.1, 0.15) is 0 Å². The summed E-state index contributed by atoms with van der Waals surface area (Å²) in [7, 11) is 0. The molecular formula is C8H11ClOS5. The Balaban J connectivity index is 1.89. The molecule has 0 aromatic carbocycles. The third kappa shape index (κ3) is 3.35. The van der Waals surface area contributed by atoms with Gasteiger partial charge in [-0.25, -0.2) is 0 Å². The molecule has 15 heavy (non-hydrogen) atoms. The van der Waals surface area contributed by atoms with E-state index in [2.05, 4.69) is 0 Å². The first-order valence-corrected chi connectivity index (χ1v) is 9.65. The number of carbonyl (C=O) groups excluding carboxylic acids is 1. The molecule has 0 amide bonds. The third-order valence-electron chi connectivity index (χ3n) is 1.90. The van der Waals surface area contributed by atoms with Gasteiger partial charge >= 0.3 is 0 Å². The molecule has 1 nitrogen and oxygen atoms in total. The predicted octanol–water partition coefficient (Wildman–Crippen LogP) is 3.77. The van der Waals surface area contributed by atoms with Crippen molar-refractivity contribution in [1.29, 1.82) is 0 Å². The van der Waals surface area contributed by atoms with Gasteiger partial charge in [0.05, 0.1) is 4.58 Å². The number of halogens is 1. The summed E-state index contributed by atoms with van der Waals surface area (Å²) in [5.41, 5.74) is 0. The molecule has 86 valence electrons. The molecule has 2 aliphatic rings. The van der Waals surface area contributed by atoms with Crippen molar-refractivity contribution in [3.05, 3.63) is 0 Å². The quantitative estimate of drug-likeness (QED) is 0.716. The maximum atomic E-state index is 11.0. The van der Waals surface area contributed by atoms with Crippen LogP contribution in [0.15, 0.2) is 0 Å². The Morgan fingerprint density at radius 1 is 1.47 bits per heavy atom. The average molecular weight is 319 g/mol. The molecule has 2 rings (SSSR count). The Bertz CT molecular complexity index is 263. The molecule has 1 spiro atoms. The molecule has 0 bridgehead atoms. The van der Waals surface area contributed by atoms with Crippen LogP contribution in [-0.2, 0) is 4.79 Å². The maximum absolute atomic E-state index is 11.0. The molecular weight excluding hydrogens is 308 g/mol. The van der Waals surface area contributed by atoms with E-state index in [4.69, 9.17) is 11.6 Å². The third-order valence-corrected chi connectivity index (χ3v) is 11.7. The predicted molar refractivity (Wildman–Crippen MR) is 79.4 cm³/mol. The van der Waals surface area contributed by atoms with Gasteiger partial charge in [0.2, 0.25) is 0 Å². The molecule has 0 saturated carbocycles. The van der Waals surface area contributed by atoms with Crippen molar-refractivity contribution in [2.75, 3.05) is 17.4 Å². The van der Waals surface area contributed by atoms with Crippen molar-refractivity contribution in [3.8, 4) is 0 Å². The first kappa shape index (κ1) is 13.1. The van der Waals surface area contributed by atoms with E-state index in [-0.39, 0.29) is 7.86 Å². The fraction of sp³-hybridized carbons (Fsp3) is 0.875. The Labute approximate surface area is 116 Å². The van der Waals surface area contributed by atoms with Crippen molar-refractivity contribution in [3.63, 3.8) is 0 Å². The summed E-state index contributed by atoms with van der Waals surface area (Å²) < 4.78 is 0.661. The van der Waals surface area contributed by atoms with E-state index in [1.807, 2.05) is 47.0 Å². The summed E-state index contributed by atoms with van der Waals surface area (Å²) in [6.07, 6.45) is 0. The topological polar surface area (TPSA) is 17.1 Å². The van der Waals surface area contributed by atoms with Gasteiger partial charge in [-0.1, -0.05) is 11.8 Å². The van der Waals surface area contributed by atoms with Crippen LogP contribution in [0.1, 0.15) is 6.92 Å². The SMILES string of the molecule is CC(=O)S[C@@H]1CS[C@@]2(SC[C@H](CCl)S2)S1. The zero-order valence-corrected chi connectivity index (χ0v) is 12.9. The molecule has 7 heteroatoms. The van der Waals surface area contributed by atoms with Crippen molar-refractivity contribution in [1.82, 2.24) is 0 Å². The average Bonchev–Trinajstić information content (AvgIpc) is 2.74. The molecule has 2 aliphatic heterocycles. The Kier molecular flexibility index (Phi) is 4.88. The van der Waals surface area contributed by atoms with Crippen LogP contribution in [0.5, 0.6) is 0 Å². The minimum absolute atomic E-state index is 0.229. The van der Waals surface area contributed by atoms with Crippen LogP contribution < -0.4 is 0 Å². The summed E-state index contributed by atoms with van der Waals surface area (Å²) in [5, 5.41) is 0.810. The van der Waals surface area contributed by atoms with Crippen molar-refractivity contribution >= 4 is 75.5 Å². The molecule has 0 aromatic rings. The van der Waals surface area contributed by atoms with Crippen LogP contribution in [-0.4, -0.2) is 35.1 Å². The molecule has 0 aliphatic carbocycles. The molecule has 0 radical (unpaired) electrons. The maximum Gasteiger partial charge on any atom is 0.186 e. The highest BCUT2D eigenvalue weighted by atomic mass is 35.5. The normalized spacial score (nSPS) is 40.1. The molecule has 2 saturated heterocycles. The van der Waals surface area contributed by atoms with E-state index in [0.29, 0.717) is 9.83 Å². The zero-order valence-electron chi connectivity index (χ0n) is 8.10. The summed E-state index contributed by atoms with van der Waals surface area (Å²) in [6, 6.07) is 0. The number of carbonyl (C=O) groups is 1. The number of hydrogen-bond acceptors (Lipinski definition) is 6. The van der Waals surface area contributed by atoms with E-state index >= 15 is 0 Å². The molecule has 0 unspecified atom stereocenters. The second kappa shape index (κ2) is 5.57. The lowest BCUT2D eigenvalue weighted by molar-refractivity contribution is -0.109. The first-order chi connectivity index (χ1) is 7.13. The van der Waals surface area contributed by atoms with Gasteiger partial charge in [0, 0.05) is 29.6 Å². The van der Waals surface area contributed by atoms with E-state index in [9.17, 15) is 4.79 Å². The second-order valence-corrected chi connectivity index (χ2v) is 12.1. The summed E-state index contributed by atoms with van der Waals surface area (Å²) in [5.74, 6) is 2.96. The monoisotopic (exact) mass is 318 g/mol. The molecule has 3 atom stereocenters. The Hall–Kier alpha value is 1.71. The van der Waals surface area contributed by atoms with Crippen LogP contribution in [0.3, 0.4) is 0 Å². The molecule has 0 aromatic heterocycles. The zero-order chi connectivity index (χ0) is 10.9. The first-order valence-electron chi connectivity index (χ1n) is 4.50. The minimum atomic E-state index is 0.229. The van der Waals surface area contributed by atoms with Crippen LogP contribution in [0.4, 0.5) is 0 Å². The van der Waals surface area contributed by atoms with Crippen molar-refractivity contribution in [2.45, 2.75) is 19.5 Å². The standard InChI is InChI=1S/C8H11ClOS5/c1-5(10)13-7-4-12-8(15-7)11-3-6(2-9)14-8/h6-7H,2-4H2,1H3/t6-,7-,8+/m0/s1. The van der Waals surface area contributed by atoms with E-state index in [0.717, 1.165) is 17.4 Å². The minimum Gasteiger partial charge on any atom is -0.288 e. The second-order valence-electron chi connectivity index (χ2n) is 3.17. The van der Waals surface area contributed by atoms with Crippen molar-refractivity contribution < 1.29 is 4.79 Å². The Morgan fingerprint density at radius 3 is 2.80 bits per heavy atom. The number of alkyl halides is 1. The van der Waals surface area contributed by atoms with Crippen LogP contribution in [0, 0.1) is 0 Å². The van der Waals surface area contributed by atoms with Gasteiger partial charge in [-0.15, -0.1) is 58.6 Å². The van der Waals surface area contributed by atoms with Crippen LogP contribution >= 0.6 is 70.4 Å². The lowest BCUT2D eigenvalue weighted by atomic mass is 10.6. The van der Waals surface area contributed by atoms with Gasteiger partial charge in [-0.3, -0.25) is 4.79 Å². The molecule has 2 heterocycles. The van der Waals surface area contributed by atoms with E-state index in [1.165, 1.54) is 11.8 Å². The van der Waals surface area contributed by atoms with Crippen LogP contribution in [0.2, 0.25) is 0 Å². The van der Waals surface area contributed by atoms with Crippen LogP contribution in [0.25, 0.3) is 0 Å². The lowest BCUT2D eigenvalue weighted by Crippen LogP contribution is -2.05. The summed E-state index contributed by atoms with van der Waals surface area (Å²) >= 11 is 15.3. The lowest BCUT2D eigenvalue weighted by Gasteiger charge is -2.19. The number of thioether (sulfide) groups is 5. The largest absolute Gasteiger partial charge is 0.288 e. The Morgan fingerprint density at radius 2 is 2.20 bits per heavy atom. The number of hydrogen-bond donors (Lipinski definition) is 0. The highest BCUT2D eigenvalue weighted by Gasteiger charge is 2.48. The smallest absolute Gasteiger partial charge is 0.186 e. The highest BCUT2D eigenvalue weighted by Crippen LogP contribution is 2.68. The van der Waals surface area contributed by atoms with Gasteiger partial charge in [-0.05, 0) is 0 Å². The summed E-state index contributed by atoms with van der Waals surface area (Å²) in [6.45, 7) is 1.65. The molecule has 0 N–H and O–H groups in total. The summed E-state index contributed by atoms with van der Waals surface area (Å²) in [4.78, 5) is 11.0. The highest BCUT2D eigenvalue weighted by molar-refractivity contribution is 8.53.